The Morgan fingerprint density at radius 3 is 1.28 bits per heavy atom. The van der Waals surface area contributed by atoms with Gasteiger partial charge in [-0.25, -0.2) is 14.4 Å². The summed E-state index contributed by atoms with van der Waals surface area (Å²) in [5.74, 6) is -0.992. The quantitative estimate of drug-likeness (QED) is 0.305. The lowest BCUT2D eigenvalue weighted by Gasteiger charge is -2.36. The molecule has 0 spiro atoms. The predicted molar refractivity (Wildman–Crippen MR) is 224 cm³/mol. The van der Waals surface area contributed by atoms with Crippen LogP contribution < -0.4 is 0 Å². The van der Waals surface area contributed by atoms with Crippen LogP contribution in [0, 0.1) is 0 Å². The van der Waals surface area contributed by atoms with Gasteiger partial charge in [0.1, 0.15) is 11.2 Å². The third-order valence-corrected chi connectivity index (χ3v) is 10.7. The fraction of sp³-hybridized carbons (Fsp3) is 0.628. The van der Waals surface area contributed by atoms with Crippen molar-refractivity contribution in [1.29, 1.82) is 0 Å². The Labute approximate surface area is 349 Å². The molecule has 12 nitrogen and oxygen atoms in total. The van der Waals surface area contributed by atoms with Gasteiger partial charge >= 0.3 is 18.2 Å². The average Bonchev–Trinajstić information content (AvgIpc) is 3.90. The molecule has 2 aromatic carbocycles. The van der Waals surface area contributed by atoms with Gasteiger partial charge < -0.3 is 29.3 Å². The summed E-state index contributed by atoms with van der Waals surface area (Å²) in [6.07, 6.45) is 9.03. The van der Waals surface area contributed by atoms with Crippen LogP contribution in [0.5, 0.6) is 0 Å². The van der Waals surface area contributed by atoms with Gasteiger partial charge in [0.15, 0.2) is 0 Å². The fourth-order valence-corrected chi connectivity index (χ4v) is 7.70. The molecule has 0 aromatic heterocycles. The monoisotopic (exact) mass is 831 g/mol. The number of carboxylic acids is 1. The summed E-state index contributed by atoms with van der Waals surface area (Å²) in [6, 6.07) is 10.8. The van der Waals surface area contributed by atoms with Gasteiger partial charge in [0, 0.05) is 78.5 Å². The first kappa shape index (κ1) is 46.1. The van der Waals surface area contributed by atoms with Gasteiger partial charge in [0.2, 0.25) is 0 Å². The number of carboxylic acid groups (broad SMARTS) is 1. The summed E-state index contributed by atoms with van der Waals surface area (Å²) >= 11 is 12.4. The molecule has 4 aliphatic rings. The number of halogens is 2. The van der Waals surface area contributed by atoms with Crippen LogP contribution in [0.1, 0.15) is 118 Å². The third kappa shape index (κ3) is 14.9. The molecule has 1 saturated carbocycles. The van der Waals surface area contributed by atoms with Crippen molar-refractivity contribution in [3.05, 3.63) is 68.7 Å². The summed E-state index contributed by atoms with van der Waals surface area (Å²) in [5.41, 5.74) is 1.41. The number of carbonyl (C=O) groups is 4. The maximum absolute atomic E-state index is 13.0. The largest absolute Gasteiger partial charge is 0.478 e. The first-order chi connectivity index (χ1) is 26.9. The number of carbonyl (C=O) groups excluding carboxylic acids is 3. The first-order valence-electron chi connectivity index (χ1n) is 20.4. The molecule has 1 aliphatic carbocycles. The highest BCUT2D eigenvalue weighted by atomic mass is 35.5. The number of ether oxygens (including phenoxy) is 2. The second-order valence-corrected chi connectivity index (χ2v) is 17.9. The number of hydrogen-bond acceptors (Lipinski definition) is 8. The summed E-state index contributed by atoms with van der Waals surface area (Å²) in [6.45, 7) is 19.0. The van der Waals surface area contributed by atoms with Crippen molar-refractivity contribution in [1.82, 2.24) is 24.5 Å². The van der Waals surface area contributed by atoms with Crippen LogP contribution in [0.25, 0.3) is 0 Å². The van der Waals surface area contributed by atoms with Crippen molar-refractivity contribution in [2.24, 2.45) is 0 Å². The molecule has 14 heteroatoms. The van der Waals surface area contributed by atoms with Crippen molar-refractivity contribution >= 4 is 47.3 Å². The Morgan fingerprint density at radius 2 is 0.912 bits per heavy atom. The number of aromatic carboxylic acids is 1. The second kappa shape index (κ2) is 21.4. The Morgan fingerprint density at radius 1 is 0.544 bits per heavy atom. The SMILES string of the molecule is C1CCCC1.CC(C)(C)OC(=O)N1CCN(Cc2cccc(Cl)c2C(=O)N2CCCC2)CC1.CC(C)(C)OC(=O)N1CCN(Cc2cccc(Cl)c2C(=O)O)CC1. The lowest BCUT2D eigenvalue weighted by molar-refractivity contribution is 0.0129. The molecular weight excluding hydrogens is 769 g/mol. The summed E-state index contributed by atoms with van der Waals surface area (Å²) in [5, 5.41) is 10.1. The molecule has 3 amide bonds. The zero-order valence-electron chi connectivity index (χ0n) is 34.8. The van der Waals surface area contributed by atoms with Crippen LogP contribution in [0.4, 0.5) is 9.59 Å². The lowest BCUT2D eigenvalue weighted by Crippen LogP contribution is -2.49. The number of rotatable bonds is 6. The van der Waals surface area contributed by atoms with Crippen LogP contribution in [-0.4, -0.2) is 130 Å². The summed E-state index contributed by atoms with van der Waals surface area (Å²) < 4.78 is 10.8. The van der Waals surface area contributed by atoms with E-state index in [1.807, 2.05) is 58.6 Å². The molecule has 2 aromatic rings. The fourth-order valence-electron chi connectivity index (χ4n) is 7.15. The standard InChI is InChI=1S/C21H30ClN3O3.C17H23ClN2O4.C5H10/c1-21(2,3)28-20(27)25-13-11-23(12-14-25)15-16-7-6-8-17(22)18(16)19(26)24-9-4-5-10-24;1-17(2,3)24-16(23)20-9-7-19(8-10-20)11-12-5-4-6-13(18)14(12)15(21)22;1-2-4-5-3-1/h6-8H,4-5,9-15H2,1-3H3;4-6H,7-11H2,1-3H3,(H,21,22);1-5H2. The molecule has 3 aliphatic heterocycles. The number of hydrogen-bond donors (Lipinski definition) is 1. The number of piperazine rings is 2. The third-order valence-electron chi connectivity index (χ3n) is 10.1. The highest BCUT2D eigenvalue weighted by molar-refractivity contribution is 6.34. The zero-order valence-corrected chi connectivity index (χ0v) is 36.3. The number of likely N-dealkylation sites (tertiary alicyclic amines) is 1. The number of benzene rings is 2. The zero-order chi connectivity index (χ0) is 41.8. The molecule has 3 saturated heterocycles. The summed E-state index contributed by atoms with van der Waals surface area (Å²) in [4.78, 5) is 58.3. The number of amides is 3. The molecule has 1 N–H and O–H groups in total. The highest BCUT2D eigenvalue weighted by Gasteiger charge is 2.29. The van der Waals surface area contributed by atoms with E-state index >= 15 is 0 Å². The minimum Gasteiger partial charge on any atom is -0.478 e. The van der Waals surface area contributed by atoms with Gasteiger partial charge in [-0.2, -0.15) is 0 Å². The minimum atomic E-state index is -1.03. The van der Waals surface area contributed by atoms with E-state index in [2.05, 4.69) is 9.80 Å². The minimum absolute atomic E-state index is 0.0329. The molecule has 57 heavy (non-hydrogen) atoms. The van der Waals surface area contributed by atoms with E-state index in [9.17, 15) is 24.3 Å². The smallest absolute Gasteiger partial charge is 0.410 e. The van der Waals surface area contributed by atoms with Gasteiger partial charge in [-0.15, -0.1) is 0 Å². The lowest BCUT2D eigenvalue weighted by atomic mass is 10.0. The van der Waals surface area contributed by atoms with Gasteiger partial charge in [-0.1, -0.05) is 79.6 Å². The Hall–Kier alpha value is -3.58. The van der Waals surface area contributed by atoms with E-state index in [0.717, 1.165) is 44.6 Å². The van der Waals surface area contributed by atoms with Crippen molar-refractivity contribution in [3.8, 4) is 0 Å². The van der Waals surface area contributed by atoms with Crippen molar-refractivity contribution in [2.75, 3.05) is 65.4 Å². The molecule has 3 heterocycles. The van der Waals surface area contributed by atoms with Gasteiger partial charge in [0.25, 0.3) is 5.91 Å². The molecular formula is C43H63Cl2N5O7. The van der Waals surface area contributed by atoms with E-state index in [1.54, 1.807) is 34.1 Å². The Kier molecular flexibility index (Phi) is 17.3. The van der Waals surface area contributed by atoms with Crippen LogP contribution in [0.3, 0.4) is 0 Å². The molecule has 0 radical (unpaired) electrons. The summed E-state index contributed by atoms with van der Waals surface area (Å²) in [7, 11) is 0. The highest BCUT2D eigenvalue weighted by Crippen LogP contribution is 2.26. The second-order valence-electron chi connectivity index (χ2n) is 17.1. The van der Waals surface area contributed by atoms with Gasteiger partial charge in [-0.3, -0.25) is 14.6 Å². The van der Waals surface area contributed by atoms with Crippen LogP contribution in [-0.2, 0) is 22.6 Å². The topological polar surface area (TPSA) is 123 Å². The normalized spacial score (nSPS) is 17.9. The molecule has 4 fully saturated rings. The van der Waals surface area contributed by atoms with Crippen LogP contribution in [0.2, 0.25) is 10.0 Å². The van der Waals surface area contributed by atoms with E-state index in [0.29, 0.717) is 68.5 Å². The predicted octanol–water partition coefficient (Wildman–Crippen LogP) is 8.67. The van der Waals surface area contributed by atoms with E-state index in [-0.39, 0.29) is 28.7 Å². The number of nitrogens with zero attached hydrogens (tertiary/aromatic N) is 5. The first-order valence-corrected chi connectivity index (χ1v) is 21.2. The molecule has 0 bridgehead atoms. The molecule has 0 unspecified atom stereocenters. The van der Waals surface area contributed by atoms with Gasteiger partial charge in [-0.05, 0) is 77.6 Å². The Bertz CT molecular complexity index is 1640. The van der Waals surface area contributed by atoms with Crippen molar-refractivity contribution in [3.63, 3.8) is 0 Å². The van der Waals surface area contributed by atoms with Gasteiger partial charge in [0.05, 0.1) is 21.2 Å². The van der Waals surface area contributed by atoms with Crippen molar-refractivity contribution < 1.29 is 33.8 Å². The van der Waals surface area contributed by atoms with Crippen LogP contribution >= 0.6 is 23.2 Å². The van der Waals surface area contributed by atoms with E-state index < -0.39 is 17.2 Å². The Balaban J connectivity index is 0.000000227. The molecule has 6 rings (SSSR count). The van der Waals surface area contributed by atoms with E-state index in [4.69, 9.17) is 32.7 Å². The average molecular weight is 833 g/mol. The molecule has 0 atom stereocenters. The maximum Gasteiger partial charge on any atom is 0.410 e. The molecule has 316 valence electrons. The maximum atomic E-state index is 13.0. The van der Waals surface area contributed by atoms with Crippen LogP contribution in [0.15, 0.2) is 36.4 Å². The van der Waals surface area contributed by atoms with Crippen molar-refractivity contribution in [2.45, 2.75) is 111 Å². The van der Waals surface area contributed by atoms with E-state index in [1.165, 1.54) is 32.1 Å².